The van der Waals surface area contributed by atoms with E-state index in [2.05, 4.69) is 28.2 Å². The number of carbonyl (C=O) groups excluding carboxylic acids is 2. The molecule has 1 rings (SSSR count). The first-order chi connectivity index (χ1) is 8.52. The Kier molecular flexibility index (Phi) is 6.14. The van der Waals surface area contributed by atoms with Gasteiger partial charge in [-0.2, -0.15) is 12.6 Å². The zero-order valence-electron chi connectivity index (χ0n) is 10.4. The van der Waals surface area contributed by atoms with Gasteiger partial charge in [0.1, 0.15) is 6.04 Å². The molecule has 0 aliphatic rings. The lowest BCUT2D eigenvalue weighted by molar-refractivity contribution is -0.127. The molecule has 0 aromatic carbocycles. The van der Waals surface area contributed by atoms with Crippen molar-refractivity contribution in [2.45, 2.75) is 26.3 Å². The van der Waals surface area contributed by atoms with Gasteiger partial charge in [0.05, 0.1) is 5.01 Å². The molecule has 1 aromatic rings. The summed E-state index contributed by atoms with van der Waals surface area (Å²) in [5.41, 5.74) is 0.993. The van der Waals surface area contributed by atoms with Crippen molar-refractivity contribution >= 4 is 35.8 Å². The Bertz CT molecular complexity index is 420. The molecule has 2 N–H and O–H groups in total. The second-order valence-electron chi connectivity index (χ2n) is 3.86. The van der Waals surface area contributed by atoms with E-state index in [1.165, 1.54) is 6.92 Å². The fourth-order valence-electron chi connectivity index (χ4n) is 1.37. The van der Waals surface area contributed by atoms with Gasteiger partial charge in [-0.05, 0) is 6.92 Å². The van der Waals surface area contributed by atoms with Gasteiger partial charge in [-0.3, -0.25) is 9.59 Å². The lowest BCUT2D eigenvalue weighted by atomic mass is 10.3. The molecule has 1 aromatic heterocycles. The maximum absolute atomic E-state index is 11.7. The maximum Gasteiger partial charge on any atom is 0.243 e. The van der Waals surface area contributed by atoms with Crippen LogP contribution in [0.15, 0.2) is 5.38 Å². The molecule has 1 unspecified atom stereocenters. The second kappa shape index (κ2) is 7.38. The summed E-state index contributed by atoms with van der Waals surface area (Å²) in [5, 5.41) is 8.27. The van der Waals surface area contributed by atoms with Crippen molar-refractivity contribution in [2.24, 2.45) is 0 Å². The lowest BCUT2D eigenvalue weighted by Gasteiger charge is -2.14. The van der Waals surface area contributed by atoms with Crippen LogP contribution in [0, 0.1) is 6.92 Å². The predicted molar refractivity (Wildman–Crippen MR) is 75.0 cm³/mol. The summed E-state index contributed by atoms with van der Waals surface area (Å²) in [7, 11) is 0. The van der Waals surface area contributed by atoms with Gasteiger partial charge in [0.25, 0.3) is 0 Å². The van der Waals surface area contributed by atoms with Gasteiger partial charge in [0.2, 0.25) is 11.8 Å². The average molecular weight is 287 g/mol. The summed E-state index contributed by atoms with van der Waals surface area (Å²) >= 11 is 5.62. The van der Waals surface area contributed by atoms with Gasteiger partial charge in [0, 0.05) is 36.7 Å². The summed E-state index contributed by atoms with van der Waals surface area (Å²) in [6.45, 7) is 3.82. The van der Waals surface area contributed by atoms with Gasteiger partial charge in [-0.15, -0.1) is 11.3 Å². The zero-order valence-corrected chi connectivity index (χ0v) is 12.1. The van der Waals surface area contributed by atoms with Crippen LogP contribution in [0.4, 0.5) is 0 Å². The molecule has 2 amide bonds. The minimum absolute atomic E-state index is 0.214. The number of carbonyl (C=O) groups is 2. The van der Waals surface area contributed by atoms with E-state index >= 15 is 0 Å². The Balaban J connectivity index is 2.33. The van der Waals surface area contributed by atoms with E-state index in [4.69, 9.17) is 0 Å². The van der Waals surface area contributed by atoms with E-state index in [0.29, 0.717) is 13.0 Å². The zero-order chi connectivity index (χ0) is 13.5. The van der Waals surface area contributed by atoms with Gasteiger partial charge in [-0.1, -0.05) is 0 Å². The van der Waals surface area contributed by atoms with E-state index in [1.54, 1.807) is 11.3 Å². The van der Waals surface area contributed by atoms with E-state index in [-0.39, 0.29) is 17.6 Å². The van der Waals surface area contributed by atoms with Crippen LogP contribution >= 0.6 is 24.0 Å². The van der Waals surface area contributed by atoms with Gasteiger partial charge in [0.15, 0.2) is 0 Å². The number of nitrogens with zero attached hydrogens (tertiary/aromatic N) is 1. The third-order valence-corrected chi connectivity index (χ3v) is 3.57. The van der Waals surface area contributed by atoms with Crippen molar-refractivity contribution in [3.63, 3.8) is 0 Å². The summed E-state index contributed by atoms with van der Waals surface area (Å²) in [5.74, 6) is -0.171. The molecule has 0 saturated heterocycles. The fraction of sp³-hybridized carbons (Fsp3) is 0.545. The number of rotatable bonds is 6. The Hall–Kier alpha value is -1.08. The van der Waals surface area contributed by atoms with E-state index in [0.717, 1.165) is 10.7 Å². The highest BCUT2D eigenvalue weighted by Crippen LogP contribution is 2.08. The second-order valence-corrected chi connectivity index (χ2v) is 5.17. The van der Waals surface area contributed by atoms with Crippen molar-refractivity contribution in [3.05, 3.63) is 16.1 Å². The Morgan fingerprint density at radius 2 is 2.28 bits per heavy atom. The molecule has 100 valence electrons. The van der Waals surface area contributed by atoms with Crippen molar-refractivity contribution < 1.29 is 9.59 Å². The number of thiazole rings is 1. The molecule has 0 radical (unpaired) electrons. The summed E-state index contributed by atoms with van der Waals surface area (Å²) in [6.07, 6.45) is 0.698. The van der Waals surface area contributed by atoms with Gasteiger partial charge >= 0.3 is 0 Å². The first kappa shape index (κ1) is 15.0. The lowest BCUT2D eigenvalue weighted by Crippen LogP contribution is -2.47. The third-order valence-electron chi connectivity index (χ3n) is 2.18. The van der Waals surface area contributed by atoms with Crippen LogP contribution < -0.4 is 10.6 Å². The molecule has 0 fully saturated rings. The molecule has 0 aliphatic heterocycles. The SMILES string of the molecule is CC(=O)NC(CS)C(=O)NCCc1nc(C)cs1. The van der Waals surface area contributed by atoms with Crippen LogP contribution in [0.25, 0.3) is 0 Å². The molecule has 1 heterocycles. The predicted octanol–water partition coefficient (Wildman–Crippen LogP) is 0.545. The van der Waals surface area contributed by atoms with Crippen LogP contribution in [-0.2, 0) is 16.0 Å². The maximum atomic E-state index is 11.7. The molecule has 5 nitrogen and oxygen atoms in total. The molecular formula is C11H17N3O2S2. The fourth-order valence-corrected chi connectivity index (χ4v) is 2.41. The largest absolute Gasteiger partial charge is 0.354 e. The normalized spacial score (nSPS) is 11.9. The quantitative estimate of drug-likeness (QED) is 0.669. The summed E-state index contributed by atoms with van der Waals surface area (Å²) in [4.78, 5) is 26.9. The van der Waals surface area contributed by atoms with E-state index < -0.39 is 6.04 Å². The van der Waals surface area contributed by atoms with Crippen molar-refractivity contribution in [2.75, 3.05) is 12.3 Å². The van der Waals surface area contributed by atoms with Gasteiger partial charge < -0.3 is 10.6 Å². The first-order valence-corrected chi connectivity index (χ1v) is 7.11. The summed E-state index contributed by atoms with van der Waals surface area (Å²) in [6, 6.07) is -0.580. The molecule has 1 atom stereocenters. The molecule has 0 bridgehead atoms. The minimum atomic E-state index is -0.580. The molecule has 0 aliphatic carbocycles. The number of hydrogen-bond donors (Lipinski definition) is 3. The molecular weight excluding hydrogens is 270 g/mol. The highest BCUT2D eigenvalue weighted by atomic mass is 32.1. The number of aromatic nitrogens is 1. The van der Waals surface area contributed by atoms with Crippen molar-refractivity contribution in [3.8, 4) is 0 Å². The number of hydrogen-bond acceptors (Lipinski definition) is 5. The number of aryl methyl sites for hydroxylation is 1. The Morgan fingerprint density at radius 1 is 1.56 bits per heavy atom. The van der Waals surface area contributed by atoms with Crippen molar-refractivity contribution in [1.29, 1.82) is 0 Å². The first-order valence-electron chi connectivity index (χ1n) is 5.59. The standard InChI is InChI=1S/C11H17N3O2S2/c1-7-6-18-10(13-7)3-4-12-11(16)9(5-17)14-8(2)15/h6,9,17H,3-5H2,1-2H3,(H,12,16)(H,14,15). The molecule has 0 saturated carbocycles. The monoisotopic (exact) mass is 287 g/mol. The highest BCUT2D eigenvalue weighted by Gasteiger charge is 2.16. The topological polar surface area (TPSA) is 71.1 Å². The summed E-state index contributed by atoms with van der Waals surface area (Å²) < 4.78 is 0. The number of thiol groups is 1. The van der Waals surface area contributed by atoms with E-state index in [1.807, 2.05) is 12.3 Å². The minimum Gasteiger partial charge on any atom is -0.354 e. The van der Waals surface area contributed by atoms with Crippen LogP contribution in [0.5, 0.6) is 0 Å². The van der Waals surface area contributed by atoms with Crippen LogP contribution in [0.2, 0.25) is 0 Å². The highest BCUT2D eigenvalue weighted by molar-refractivity contribution is 7.80. The number of amides is 2. The van der Waals surface area contributed by atoms with Crippen molar-refractivity contribution in [1.82, 2.24) is 15.6 Å². The molecule has 0 spiro atoms. The molecule has 7 heteroatoms. The van der Waals surface area contributed by atoms with E-state index in [9.17, 15) is 9.59 Å². The Labute approximate surface area is 116 Å². The average Bonchev–Trinajstić information content (AvgIpc) is 2.71. The smallest absolute Gasteiger partial charge is 0.243 e. The number of nitrogens with one attached hydrogen (secondary N) is 2. The molecule has 18 heavy (non-hydrogen) atoms. The van der Waals surface area contributed by atoms with Crippen LogP contribution in [-0.4, -0.2) is 35.1 Å². The van der Waals surface area contributed by atoms with Crippen LogP contribution in [0.3, 0.4) is 0 Å². The van der Waals surface area contributed by atoms with Gasteiger partial charge in [-0.25, -0.2) is 4.98 Å². The van der Waals surface area contributed by atoms with Crippen LogP contribution in [0.1, 0.15) is 17.6 Å². The third kappa shape index (κ3) is 5.05. The Morgan fingerprint density at radius 3 is 2.78 bits per heavy atom.